The van der Waals surface area contributed by atoms with Crippen LogP contribution < -0.4 is 0 Å². The molecule has 0 aromatic heterocycles. The van der Waals surface area contributed by atoms with Crippen LogP contribution in [-0.2, 0) is 4.74 Å². The molecule has 0 spiro atoms. The topological polar surface area (TPSA) is 9.23 Å². The first kappa shape index (κ1) is 1.66. The third-order valence-corrected chi connectivity index (χ3v) is 0.236. The maximum Gasteiger partial charge on any atom is 0.223 e. The predicted octanol–water partition coefficient (Wildman–Crippen LogP) is 0.139. The Kier molecular flexibility index (Phi) is 0.160. The molecule has 0 atom stereocenters. The van der Waals surface area contributed by atoms with Crippen molar-refractivity contribution in [2.24, 2.45) is 0 Å². The van der Waals surface area contributed by atoms with Crippen LogP contribution in [-0.4, -0.2) is 0 Å². The fourth-order valence-electron chi connectivity index (χ4n) is 0.0589. The molecule has 0 aromatic rings. The van der Waals surface area contributed by atoms with Gasteiger partial charge in [0.2, 0.25) is 6.61 Å². The van der Waals surface area contributed by atoms with Crippen molar-refractivity contribution >= 4 is 0 Å². The Balaban J connectivity index is 2.69. The maximum absolute atomic E-state index is 4.24. The SMILES string of the molecule is C1#CO[CH]1. The van der Waals surface area contributed by atoms with E-state index in [1.807, 2.05) is 0 Å². The zero-order valence-corrected chi connectivity index (χ0v) is 1.99. The fourth-order valence-corrected chi connectivity index (χ4v) is 0.0589. The van der Waals surface area contributed by atoms with Gasteiger partial charge in [-0.3, -0.25) is 0 Å². The summed E-state index contributed by atoms with van der Waals surface area (Å²) in [6.45, 7) is 1.44. The van der Waals surface area contributed by atoms with Crippen molar-refractivity contribution in [3.63, 3.8) is 0 Å². The van der Waals surface area contributed by atoms with Gasteiger partial charge in [0.1, 0.15) is 6.11 Å². The molecule has 0 aromatic carbocycles. The molecule has 0 saturated carbocycles. The van der Waals surface area contributed by atoms with Crippen molar-refractivity contribution in [1.82, 2.24) is 0 Å². The molecule has 0 fully saturated rings. The molecule has 1 heteroatoms. The summed E-state index contributed by atoms with van der Waals surface area (Å²) in [6.07, 6.45) is 2.31. The number of ether oxygens (including phenoxy) is 1. The van der Waals surface area contributed by atoms with Gasteiger partial charge in [0.25, 0.3) is 0 Å². The van der Waals surface area contributed by atoms with Crippen molar-refractivity contribution < 1.29 is 4.74 Å². The molecule has 1 radical (unpaired) electrons. The molecule has 0 saturated heterocycles. The zero-order chi connectivity index (χ0) is 2.83. The molecule has 19 valence electrons. The van der Waals surface area contributed by atoms with Crippen LogP contribution in [0.15, 0.2) is 0 Å². The van der Waals surface area contributed by atoms with E-state index in [9.17, 15) is 0 Å². The van der Waals surface area contributed by atoms with Crippen LogP contribution in [0, 0.1) is 18.6 Å². The fraction of sp³-hybridized carbons (Fsp3) is 0. The standard InChI is InChI=1S/C3HO/c1-2-4-3-1/h2H. The molecule has 1 nitrogen and oxygen atoms in total. The normalized spacial score (nSPS) is 14.0. The molecule has 4 heavy (non-hydrogen) atoms. The van der Waals surface area contributed by atoms with Crippen molar-refractivity contribution in [1.29, 1.82) is 0 Å². The smallest absolute Gasteiger partial charge is 0.223 e. The minimum atomic E-state index is 1.44. The lowest BCUT2D eigenvalue weighted by Crippen LogP contribution is -1.81. The molecule has 0 unspecified atom stereocenters. The average molecular weight is 53.0 g/mol. The molecule has 0 N–H and O–H groups in total. The maximum atomic E-state index is 4.24. The van der Waals surface area contributed by atoms with Crippen LogP contribution >= 0.6 is 0 Å². The second kappa shape index (κ2) is 0.387. The molecule has 0 bridgehead atoms. The monoisotopic (exact) mass is 53.0 g/mol. The molecular weight excluding hydrogens is 52.0 g/mol. The van der Waals surface area contributed by atoms with E-state index in [0.29, 0.717) is 0 Å². The minimum Gasteiger partial charge on any atom is -0.425 e. The van der Waals surface area contributed by atoms with Gasteiger partial charge in [0, 0.05) is 0 Å². The summed E-state index contributed by atoms with van der Waals surface area (Å²) >= 11 is 0. The predicted molar refractivity (Wildman–Crippen MR) is 13.2 cm³/mol. The highest BCUT2D eigenvalue weighted by atomic mass is 16.5. The molecule has 1 heterocycles. The van der Waals surface area contributed by atoms with Gasteiger partial charge < -0.3 is 4.74 Å². The van der Waals surface area contributed by atoms with E-state index in [-0.39, 0.29) is 0 Å². The lowest BCUT2D eigenvalue weighted by molar-refractivity contribution is 0.368. The van der Waals surface area contributed by atoms with Crippen LogP contribution in [0.1, 0.15) is 0 Å². The number of hydrogen-bond acceptors (Lipinski definition) is 1. The van der Waals surface area contributed by atoms with Crippen LogP contribution in [0.4, 0.5) is 0 Å². The summed E-state index contributed by atoms with van der Waals surface area (Å²) in [6, 6.07) is 0. The Bertz CT molecular complexity index is 57.1. The van der Waals surface area contributed by atoms with E-state index < -0.39 is 0 Å². The third-order valence-electron chi connectivity index (χ3n) is 0.236. The Hall–Kier alpha value is -0.640. The first-order valence-corrected chi connectivity index (χ1v) is 0.979. The Morgan fingerprint density at radius 1 is 1.75 bits per heavy atom. The van der Waals surface area contributed by atoms with Crippen LogP contribution in [0.5, 0.6) is 0 Å². The van der Waals surface area contributed by atoms with E-state index in [2.05, 4.69) is 16.8 Å². The summed E-state index contributed by atoms with van der Waals surface area (Å²) in [4.78, 5) is 0. The van der Waals surface area contributed by atoms with Gasteiger partial charge in [-0.2, -0.15) is 0 Å². The Morgan fingerprint density at radius 2 is 2.00 bits per heavy atom. The Morgan fingerprint density at radius 3 is 2.00 bits per heavy atom. The van der Waals surface area contributed by atoms with Crippen LogP contribution in [0.25, 0.3) is 0 Å². The highest BCUT2D eigenvalue weighted by molar-refractivity contribution is 5.10. The molecular formula is C3HO. The largest absolute Gasteiger partial charge is 0.425 e. The summed E-state index contributed by atoms with van der Waals surface area (Å²) in [5.41, 5.74) is 0. The Labute approximate surface area is 24.6 Å². The van der Waals surface area contributed by atoms with Gasteiger partial charge in [-0.1, -0.05) is 0 Å². The van der Waals surface area contributed by atoms with Gasteiger partial charge in [-0.25, -0.2) is 0 Å². The van der Waals surface area contributed by atoms with Crippen molar-refractivity contribution in [2.75, 3.05) is 0 Å². The summed E-state index contributed by atoms with van der Waals surface area (Å²) in [5, 5.41) is 0. The average Bonchev–Trinajstić information content (AvgIpc) is 0.722. The van der Waals surface area contributed by atoms with E-state index in [4.69, 9.17) is 0 Å². The van der Waals surface area contributed by atoms with Gasteiger partial charge in [-0.15, -0.1) is 0 Å². The summed E-state index contributed by atoms with van der Waals surface area (Å²) in [7, 11) is 0. The lowest BCUT2D eigenvalue weighted by Gasteiger charge is -1.88. The van der Waals surface area contributed by atoms with Crippen molar-refractivity contribution in [3.8, 4) is 12.0 Å². The quantitative estimate of drug-likeness (QED) is 0.357. The summed E-state index contributed by atoms with van der Waals surface area (Å²) in [5.74, 6) is 2.51. The van der Waals surface area contributed by atoms with E-state index in [0.717, 1.165) is 0 Å². The van der Waals surface area contributed by atoms with E-state index >= 15 is 0 Å². The molecule has 1 aliphatic rings. The van der Waals surface area contributed by atoms with Gasteiger partial charge in [-0.05, 0) is 5.92 Å². The highest BCUT2D eigenvalue weighted by Crippen LogP contribution is 1.82. The molecule has 0 amide bonds. The molecule has 1 aliphatic heterocycles. The van der Waals surface area contributed by atoms with Crippen molar-refractivity contribution in [3.05, 3.63) is 6.61 Å². The zero-order valence-electron chi connectivity index (χ0n) is 1.99. The number of hydrogen-bond donors (Lipinski definition) is 0. The second-order valence-electron chi connectivity index (χ2n) is 0.482. The van der Waals surface area contributed by atoms with Gasteiger partial charge >= 0.3 is 0 Å². The molecule has 1 rings (SSSR count). The third kappa shape index (κ3) is 0.0156. The number of rotatable bonds is 0. The first-order valence-electron chi connectivity index (χ1n) is 0.979. The van der Waals surface area contributed by atoms with Crippen LogP contribution in [0.3, 0.4) is 0 Å². The molecule has 0 aliphatic carbocycles. The highest BCUT2D eigenvalue weighted by Gasteiger charge is 1.80. The first-order chi connectivity index (χ1) is 2.00. The lowest BCUT2D eigenvalue weighted by atomic mass is 10.7. The second-order valence-corrected chi connectivity index (χ2v) is 0.482. The van der Waals surface area contributed by atoms with Crippen LogP contribution in [0.2, 0.25) is 0 Å². The summed E-state index contributed by atoms with van der Waals surface area (Å²) < 4.78 is 4.24. The van der Waals surface area contributed by atoms with E-state index in [1.54, 1.807) is 0 Å². The minimum absolute atomic E-state index is 1.44. The van der Waals surface area contributed by atoms with Gasteiger partial charge in [0.15, 0.2) is 0 Å². The van der Waals surface area contributed by atoms with E-state index in [1.165, 1.54) is 6.61 Å². The van der Waals surface area contributed by atoms with Gasteiger partial charge in [0.05, 0.1) is 0 Å². The van der Waals surface area contributed by atoms with Crippen molar-refractivity contribution in [2.45, 2.75) is 0 Å².